The molecule has 2 heterocycles. The molecule has 0 bridgehead atoms. The number of nitrogens with one attached hydrogen (secondary N) is 1. The zero-order valence-corrected chi connectivity index (χ0v) is 23.6. The molecule has 214 valence electrons. The fraction of sp³-hybridized carbons (Fsp3) is 0.323. The average Bonchev–Trinajstić information content (AvgIpc) is 2.97. The van der Waals surface area contributed by atoms with E-state index in [4.69, 9.17) is 4.74 Å². The van der Waals surface area contributed by atoms with Gasteiger partial charge in [-0.25, -0.2) is 9.37 Å². The maximum atomic E-state index is 14.4. The summed E-state index contributed by atoms with van der Waals surface area (Å²) in [6.45, 7) is 4.25. The molecule has 4 aromatic rings. The third-order valence-corrected chi connectivity index (χ3v) is 7.18. The van der Waals surface area contributed by atoms with Crippen LogP contribution in [0.2, 0.25) is 0 Å². The molecule has 1 saturated heterocycles. The van der Waals surface area contributed by atoms with Crippen LogP contribution in [0.1, 0.15) is 16.8 Å². The van der Waals surface area contributed by atoms with E-state index in [-0.39, 0.29) is 5.56 Å². The number of fused-ring (bicyclic) bond motifs is 1. The van der Waals surface area contributed by atoms with Crippen molar-refractivity contribution in [3.8, 4) is 5.69 Å². The number of hydrogen-bond acceptors (Lipinski definition) is 7. The van der Waals surface area contributed by atoms with Crippen LogP contribution in [0.5, 0.6) is 0 Å². The number of ether oxygens (including phenoxy) is 1. The Morgan fingerprint density at radius 1 is 1.00 bits per heavy atom. The van der Waals surface area contributed by atoms with Gasteiger partial charge in [0.2, 0.25) is 0 Å². The summed E-state index contributed by atoms with van der Waals surface area (Å²) in [5.41, 5.74) is 3.19. The van der Waals surface area contributed by atoms with Gasteiger partial charge in [-0.15, -0.1) is 0 Å². The average molecular weight is 559 g/mol. The van der Waals surface area contributed by atoms with Crippen molar-refractivity contribution in [2.24, 2.45) is 0 Å². The Balaban J connectivity index is 1.38. The van der Waals surface area contributed by atoms with E-state index in [1.807, 2.05) is 38.2 Å². The van der Waals surface area contributed by atoms with E-state index < -0.39 is 11.7 Å². The second-order valence-corrected chi connectivity index (χ2v) is 10.5. The zero-order valence-electron chi connectivity index (χ0n) is 23.6. The minimum atomic E-state index is -0.436. The number of benzene rings is 3. The first kappa shape index (κ1) is 28.3. The van der Waals surface area contributed by atoms with Crippen LogP contribution in [0.15, 0.2) is 71.8 Å². The lowest BCUT2D eigenvalue weighted by Crippen LogP contribution is -2.36. The maximum Gasteiger partial charge on any atom is 0.265 e. The van der Waals surface area contributed by atoms with Gasteiger partial charge in [0.25, 0.3) is 11.5 Å². The number of amides is 1. The zero-order chi connectivity index (χ0) is 28.9. The van der Waals surface area contributed by atoms with Gasteiger partial charge in [0, 0.05) is 43.6 Å². The molecule has 5 rings (SSSR count). The Labute approximate surface area is 238 Å². The first-order valence-corrected chi connectivity index (χ1v) is 13.7. The van der Waals surface area contributed by atoms with Gasteiger partial charge in [0.1, 0.15) is 17.7 Å². The lowest BCUT2D eigenvalue weighted by Gasteiger charge is -2.29. The van der Waals surface area contributed by atoms with Crippen molar-refractivity contribution in [3.05, 3.63) is 88.7 Å². The van der Waals surface area contributed by atoms with Crippen molar-refractivity contribution in [3.63, 3.8) is 0 Å². The smallest absolute Gasteiger partial charge is 0.265 e. The second kappa shape index (κ2) is 12.5. The van der Waals surface area contributed by atoms with E-state index >= 15 is 0 Å². The minimum Gasteiger partial charge on any atom is -0.378 e. The van der Waals surface area contributed by atoms with Crippen LogP contribution >= 0.6 is 0 Å². The number of para-hydroxylation sites is 1. The predicted octanol–water partition coefficient (Wildman–Crippen LogP) is 4.00. The largest absolute Gasteiger partial charge is 0.378 e. The number of morpholine rings is 1. The molecule has 3 aromatic carbocycles. The molecule has 0 radical (unpaired) electrons. The van der Waals surface area contributed by atoms with Crippen LogP contribution in [0, 0.1) is 5.82 Å². The van der Waals surface area contributed by atoms with Crippen LogP contribution in [0.25, 0.3) is 16.6 Å². The Bertz CT molecular complexity index is 1600. The molecule has 0 saturated carbocycles. The van der Waals surface area contributed by atoms with E-state index in [9.17, 15) is 14.0 Å². The molecule has 1 aliphatic rings. The Kier molecular flexibility index (Phi) is 8.61. The third-order valence-electron chi connectivity index (χ3n) is 7.18. The highest BCUT2D eigenvalue weighted by Crippen LogP contribution is 2.25. The fourth-order valence-electron chi connectivity index (χ4n) is 5.02. The summed E-state index contributed by atoms with van der Waals surface area (Å²) in [5.74, 6) is -0.844. The summed E-state index contributed by atoms with van der Waals surface area (Å²) in [4.78, 5) is 37.6. The Morgan fingerprint density at radius 2 is 1.78 bits per heavy atom. The molecule has 0 atom stereocenters. The number of hydrogen-bond donors (Lipinski definition) is 1. The molecule has 1 N–H and O–H groups in total. The molecule has 0 aliphatic carbocycles. The quantitative estimate of drug-likeness (QED) is 0.333. The monoisotopic (exact) mass is 558 g/mol. The van der Waals surface area contributed by atoms with E-state index in [0.29, 0.717) is 59.8 Å². The van der Waals surface area contributed by atoms with Gasteiger partial charge in [0.15, 0.2) is 0 Å². The highest BCUT2D eigenvalue weighted by atomic mass is 19.1. The molecule has 0 unspecified atom stereocenters. The van der Waals surface area contributed by atoms with Crippen molar-refractivity contribution in [1.82, 2.24) is 14.5 Å². The molecule has 1 aliphatic heterocycles. The van der Waals surface area contributed by atoms with Crippen molar-refractivity contribution in [2.45, 2.75) is 6.42 Å². The van der Waals surface area contributed by atoms with E-state index in [1.54, 1.807) is 36.4 Å². The van der Waals surface area contributed by atoms with Gasteiger partial charge in [-0.05, 0) is 75.6 Å². The summed E-state index contributed by atoms with van der Waals surface area (Å²) in [7, 11) is 6.09. The molecule has 10 heteroatoms. The minimum absolute atomic E-state index is 0.226. The van der Waals surface area contributed by atoms with Gasteiger partial charge in [0.05, 0.1) is 30.0 Å². The highest BCUT2D eigenvalue weighted by molar-refractivity contribution is 6.04. The fourth-order valence-corrected chi connectivity index (χ4v) is 5.02. The summed E-state index contributed by atoms with van der Waals surface area (Å²) in [5, 5.41) is 3.29. The van der Waals surface area contributed by atoms with Crippen molar-refractivity contribution in [2.75, 3.05) is 75.7 Å². The van der Waals surface area contributed by atoms with Gasteiger partial charge in [-0.2, -0.15) is 0 Å². The summed E-state index contributed by atoms with van der Waals surface area (Å²) < 4.78 is 21.2. The molecule has 41 heavy (non-hydrogen) atoms. The lowest BCUT2D eigenvalue weighted by molar-refractivity contribution is 0.102. The molecular weight excluding hydrogens is 523 g/mol. The number of nitrogens with zero attached hydrogens (tertiary/aromatic N) is 5. The van der Waals surface area contributed by atoms with Crippen LogP contribution in [0.4, 0.5) is 21.5 Å². The SMILES string of the molecule is CN(C)CCCN(C)c1cccc2c(=O)n(-c3cccc(C(=O)Nc4cc(F)cc(N5CCOCC5)c4)c3)cnc12. The Morgan fingerprint density at radius 3 is 2.56 bits per heavy atom. The molecular formula is C31H35FN6O3. The third kappa shape index (κ3) is 6.55. The summed E-state index contributed by atoms with van der Waals surface area (Å²) in [6, 6.07) is 16.8. The van der Waals surface area contributed by atoms with Gasteiger partial charge in [-0.3, -0.25) is 14.2 Å². The van der Waals surface area contributed by atoms with Gasteiger partial charge >= 0.3 is 0 Å². The number of aromatic nitrogens is 2. The van der Waals surface area contributed by atoms with E-state index in [1.165, 1.54) is 23.0 Å². The number of carbonyl (C=O) groups excluding carboxylic acids is 1. The number of carbonyl (C=O) groups is 1. The Hall–Kier alpha value is -4.28. The second-order valence-electron chi connectivity index (χ2n) is 10.5. The molecule has 9 nitrogen and oxygen atoms in total. The highest BCUT2D eigenvalue weighted by Gasteiger charge is 2.16. The molecule has 1 fully saturated rings. The number of rotatable bonds is 9. The van der Waals surface area contributed by atoms with Crippen LogP contribution in [-0.2, 0) is 4.74 Å². The van der Waals surface area contributed by atoms with Crippen molar-refractivity contribution >= 4 is 33.9 Å². The summed E-state index contributed by atoms with van der Waals surface area (Å²) in [6.07, 6.45) is 2.48. The topological polar surface area (TPSA) is 82.9 Å². The molecule has 1 amide bonds. The first-order valence-electron chi connectivity index (χ1n) is 13.7. The molecule has 1 aromatic heterocycles. The maximum absolute atomic E-state index is 14.4. The van der Waals surface area contributed by atoms with Gasteiger partial charge in [-0.1, -0.05) is 12.1 Å². The van der Waals surface area contributed by atoms with Crippen molar-refractivity contribution in [1.29, 1.82) is 0 Å². The van der Waals surface area contributed by atoms with Gasteiger partial charge < -0.3 is 24.8 Å². The standard InChI is InChI=1S/C31H35FN6O3/c1-35(2)11-6-12-36(3)28-10-5-9-27-29(28)33-21-38(31(27)40)25-8-4-7-22(17-25)30(39)34-24-18-23(32)19-26(20-24)37-13-15-41-16-14-37/h4-5,7-10,17-21H,6,11-16H2,1-3H3,(H,34,39). The van der Waals surface area contributed by atoms with E-state index in [2.05, 4.69) is 20.1 Å². The number of halogens is 1. The van der Waals surface area contributed by atoms with Crippen LogP contribution < -0.4 is 20.7 Å². The first-order chi connectivity index (χ1) is 19.8. The van der Waals surface area contributed by atoms with Crippen molar-refractivity contribution < 1.29 is 13.9 Å². The van der Waals surface area contributed by atoms with Crippen LogP contribution in [-0.4, -0.2) is 80.9 Å². The van der Waals surface area contributed by atoms with E-state index in [0.717, 1.165) is 25.2 Å². The normalized spacial score (nSPS) is 13.5. The predicted molar refractivity (Wildman–Crippen MR) is 161 cm³/mol. The molecule has 0 spiro atoms. The number of anilines is 3. The lowest BCUT2D eigenvalue weighted by atomic mass is 10.1. The van der Waals surface area contributed by atoms with Crippen LogP contribution in [0.3, 0.4) is 0 Å². The summed E-state index contributed by atoms with van der Waals surface area (Å²) >= 11 is 0.